The molecule has 2 rings (SSSR count). The number of aromatic nitrogens is 2. The normalized spacial score (nSPS) is 11.3. The lowest BCUT2D eigenvalue weighted by molar-refractivity contribution is -0.141. The van der Waals surface area contributed by atoms with Crippen LogP contribution in [0.5, 0.6) is 0 Å². The Hall–Kier alpha value is -2.44. The average molecular weight is 268 g/mol. The summed E-state index contributed by atoms with van der Waals surface area (Å²) in [5.41, 5.74) is -0.647. The predicted molar refractivity (Wildman–Crippen MR) is 59.4 cm³/mol. The van der Waals surface area contributed by atoms with Gasteiger partial charge in [-0.05, 0) is 12.1 Å². The van der Waals surface area contributed by atoms with Crippen molar-refractivity contribution in [3.8, 4) is 11.3 Å². The molecule has 98 valence electrons. The topological polar surface area (TPSA) is 63.1 Å². The lowest BCUT2D eigenvalue weighted by Gasteiger charge is -2.07. The molecule has 4 nitrogen and oxygen atoms in total. The first-order valence-corrected chi connectivity index (χ1v) is 5.11. The van der Waals surface area contributed by atoms with Crippen LogP contribution in [0.25, 0.3) is 11.3 Å². The lowest BCUT2D eigenvalue weighted by atomic mass is 10.1. The van der Waals surface area contributed by atoms with Crippen LogP contribution in [0.4, 0.5) is 13.2 Å². The Balaban J connectivity index is 2.39. The number of carbonyl (C=O) groups is 1. The monoisotopic (exact) mass is 268 g/mol. The fraction of sp³-hybridized carbons (Fsp3) is 0.0833. The smallest absolute Gasteiger partial charge is 0.434 e. The number of rotatable bonds is 2. The molecular weight excluding hydrogens is 261 g/mol. The summed E-state index contributed by atoms with van der Waals surface area (Å²) >= 11 is 0. The van der Waals surface area contributed by atoms with E-state index in [1.165, 1.54) is 30.5 Å². The zero-order chi connectivity index (χ0) is 14.0. The Bertz CT molecular complexity index is 609. The first-order valence-electron chi connectivity index (χ1n) is 5.11. The second-order valence-electron chi connectivity index (χ2n) is 3.67. The number of carboxylic acids is 1. The number of alkyl halides is 3. The molecule has 0 fully saturated rings. The molecule has 0 atom stereocenters. The Morgan fingerprint density at radius 3 is 2.26 bits per heavy atom. The number of carboxylic acid groups (broad SMARTS) is 1. The fourth-order valence-electron chi connectivity index (χ4n) is 1.43. The molecule has 0 bridgehead atoms. The molecule has 2 aromatic rings. The van der Waals surface area contributed by atoms with Crippen molar-refractivity contribution in [2.75, 3.05) is 0 Å². The molecule has 0 aliphatic rings. The molecule has 0 saturated carbocycles. The Labute approximate surface area is 105 Å². The maximum Gasteiger partial charge on any atom is 0.434 e. The molecule has 0 spiro atoms. The first-order chi connectivity index (χ1) is 8.88. The molecule has 0 amide bonds. The summed E-state index contributed by atoms with van der Waals surface area (Å²) in [5, 5.41) is 8.72. The largest absolute Gasteiger partial charge is 0.478 e. The van der Waals surface area contributed by atoms with Crippen molar-refractivity contribution in [3.05, 3.63) is 47.9 Å². The van der Waals surface area contributed by atoms with Crippen molar-refractivity contribution in [2.24, 2.45) is 0 Å². The minimum absolute atomic E-state index is 0.0340. The highest BCUT2D eigenvalue weighted by atomic mass is 19.4. The molecule has 0 saturated heterocycles. The maximum atomic E-state index is 12.5. The minimum atomic E-state index is -4.57. The summed E-state index contributed by atoms with van der Waals surface area (Å²) in [5.74, 6) is -1.11. The van der Waals surface area contributed by atoms with Gasteiger partial charge in [0.05, 0.1) is 23.7 Å². The van der Waals surface area contributed by atoms with Crippen LogP contribution in [0.3, 0.4) is 0 Å². The first kappa shape index (κ1) is 13.0. The standard InChI is InChI=1S/C12H7F3N2O2/c13-12(14,15)10-6-16-5-9(17-10)7-1-3-8(4-2-7)11(18)19/h1-6H,(H,18,19). The second kappa shape index (κ2) is 4.68. The third-order valence-corrected chi connectivity index (χ3v) is 2.35. The van der Waals surface area contributed by atoms with Crippen LogP contribution in [0.2, 0.25) is 0 Å². The van der Waals surface area contributed by atoms with E-state index >= 15 is 0 Å². The number of halogens is 3. The average Bonchev–Trinajstić information content (AvgIpc) is 2.38. The molecule has 1 aromatic carbocycles. The van der Waals surface area contributed by atoms with Gasteiger partial charge >= 0.3 is 12.1 Å². The van der Waals surface area contributed by atoms with E-state index < -0.39 is 17.8 Å². The molecule has 19 heavy (non-hydrogen) atoms. The van der Waals surface area contributed by atoms with Crippen molar-refractivity contribution in [1.82, 2.24) is 9.97 Å². The van der Waals surface area contributed by atoms with Crippen LogP contribution in [0.1, 0.15) is 16.1 Å². The third-order valence-electron chi connectivity index (χ3n) is 2.35. The van der Waals surface area contributed by atoms with Crippen molar-refractivity contribution >= 4 is 5.97 Å². The van der Waals surface area contributed by atoms with Gasteiger partial charge in [0.2, 0.25) is 0 Å². The minimum Gasteiger partial charge on any atom is -0.478 e. The van der Waals surface area contributed by atoms with Gasteiger partial charge in [-0.3, -0.25) is 4.98 Å². The number of benzene rings is 1. The molecule has 0 unspecified atom stereocenters. The number of nitrogens with zero attached hydrogens (tertiary/aromatic N) is 2. The van der Waals surface area contributed by atoms with Crippen LogP contribution >= 0.6 is 0 Å². The van der Waals surface area contributed by atoms with Crippen LogP contribution in [-0.4, -0.2) is 21.0 Å². The van der Waals surface area contributed by atoms with Gasteiger partial charge in [-0.15, -0.1) is 0 Å². The molecule has 1 heterocycles. The van der Waals surface area contributed by atoms with Crippen molar-refractivity contribution < 1.29 is 23.1 Å². The van der Waals surface area contributed by atoms with Gasteiger partial charge in [0.15, 0.2) is 5.69 Å². The van der Waals surface area contributed by atoms with Gasteiger partial charge in [-0.25, -0.2) is 9.78 Å². The highest BCUT2D eigenvalue weighted by molar-refractivity contribution is 5.88. The van der Waals surface area contributed by atoms with Gasteiger partial charge in [0.25, 0.3) is 0 Å². The van der Waals surface area contributed by atoms with E-state index in [1.807, 2.05) is 0 Å². The zero-order valence-electron chi connectivity index (χ0n) is 9.35. The summed E-state index contributed by atoms with van der Waals surface area (Å²) < 4.78 is 37.4. The summed E-state index contributed by atoms with van der Waals surface area (Å²) in [7, 11) is 0. The molecule has 0 aliphatic heterocycles. The van der Waals surface area contributed by atoms with Gasteiger partial charge in [-0.2, -0.15) is 13.2 Å². The van der Waals surface area contributed by atoms with E-state index in [4.69, 9.17) is 5.11 Å². The molecule has 7 heteroatoms. The van der Waals surface area contributed by atoms with E-state index in [9.17, 15) is 18.0 Å². The van der Waals surface area contributed by atoms with Crippen LogP contribution < -0.4 is 0 Å². The number of hydrogen-bond donors (Lipinski definition) is 1. The van der Waals surface area contributed by atoms with E-state index in [0.29, 0.717) is 11.8 Å². The van der Waals surface area contributed by atoms with E-state index in [-0.39, 0.29) is 11.3 Å². The van der Waals surface area contributed by atoms with Gasteiger partial charge < -0.3 is 5.11 Å². The molecule has 1 N–H and O–H groups in total. The number of hydrogen-bond acceptors (Lipinski definition) is 3. The molecular formula is C12H7F3N2O2. The summed E-state index contributed by atoms with van der Waals surface area (Å²) in [6.45, 7) is 0. The predicted octanol–water partition coefficient (Wildman–Crippen LogP) is 2.86. The Morgan fingerprint density at radius 2 is 1.74 bits per heavy atom. The van der Waals surface area contributed by atoms with Crippen LogP contribution in [0, 0.1) is 0 Å². The quantitative estimate of drug-likeness (QED) is 0.909. The molecule has 0 radical (unpaired) electrons. The van der Waals surface area contributed by atoms with Crippen LogP contribution in [0.15, 0.2) is 36.7 Å². The fourth-order valence-corrected chi connectivity index (χ4v) is 1.43. The zero-order valence-corrected chi connectivity index (χ0v) is 9.35. The SMILES string of the molecule is O=C(O)c1ccc(-c2cncc(C(F)(F)F)n2)cc1. The highest BCUT2D eigenvalue weighted by Gasteiger charge is 2.33. The van der Waals surface area contributed by atoms with Crippen molar-refractivity contribution in [1.29, 1.82) is 0 Å². The summed E-state index contributed by atoms with van der Waals surface area (Å²) in [6.07, 6.45) is -2.75. The molecule has 1 aromatic heterocycles. The van der Waals surface area contributed by atoms with E-state index in [2.05, 4.69) is 9.97 Å². The summed E-state index contributed by atoms with van der Waals surface area (Å²) in [4.78, 5) is 17.6. The third kappa shape index (κ3) is 2.87. The van der Waals surface area contributed by atoms with E-state index in [0.717, 1.165) is 0 Å². The van der Waals surface area contributed by atoms with Gasteiger partial charge in [0, 0.05) is 5.56 Å². The van der Waals surface area contributed by atoms with E-state index in [1.54, 1.807) is 0 Å². The van der Waals surface area contributed by atoms with Crippen LogP contribution in [-0.2, 0) is 6.18 Å². The number of aromatic carboxylic acids is 1. The molecule has 0 aliphatic carbocycles. The summed E-state index contributed by atoms with van der Waals surface area (Å²) in [6, 6.07) is 5.35. The van der Waals surface area contributed by atoms with Gasteiger partial charge in [-0.1, -0.05) is 12.1 Å². The Morgan fingerprint density at radius 1 is 1.11 bits per heavy atom. The maximum absolute atomic E-state index is 12.5. The van der Waals surface area contributed by atoms with Crippen molar-refractivity contribution in [2.45, 2.75) is 6.18 Å². The lowest BCUT2D eigenvalue weighted by Crippen LogP contribution is -2.09. The Kier molecular flexibility index (Phi) is 3.20. The van der Waals surface area contributed by atoms with Crippen molar-refractivity contribution in [3.63, 3.8) is 0 Å². The van der Waals surface area contributed by atoms with Gasteiger partial charge in [0.1, 0.15) is 0 Å². The highest BCUT2D eigenvalue weighted by Crippen LogP contribution is 2.28. The second-order valence-corrected chi connectivity index (χ2v) is 3.67.